The third kappa shape index (κ3) is 2.16. The highest BCUT2D eigenvalue weighted by atomic mass is 35.5. The van der Waals surface area contributed by atoms with Gasteiger partial charge < -0.3 is 0 Å². The molecule has 0 heterocycles. The zero-order valence-electron chi connectivity index (χ0n) is 6.84. The molecular formula is C8H6Cl6. The van der Waals surface area contributed by atoms with Crippen molar-refractivity contribution < 1.29 is 0 Å². The summed E-state index contributed by atoms with van der Waals surface area (Å²) < 4.78 is 0. The molecule has 1 aliphatic rings. The Balaban J connectivity index is 3.17. The summed E-state index contributed by atoms with van der Waals surface area (Å²) in [4.78, 5) is -1.03. The molecule has 2 unspecified atom stereocenters. The van der Waals surface area contributed by atoms with Crippen molar-refractivity contribution in [3.8, 4) is 0 Å². The van der Waals surface area contributed by atoms with E-state index in [2.05, 4.69) is 0 Å². The molecule has 1 rings (SSSR count). The number of hydrogen-bond acceptors (Lipinski definition) is 0. The van der Waals surface area contributed by atoms with Crippen molar-refractivity contribution in [3.05, 3.63) is 21.7 Å². The lowest BCUT2D eigenvalue weighted by molar-refractivity contribution is 0.773. The summed E-state index contributed by atoms with van der Waals surface area (Å²) in [6, 6.07) is 0. The van der Waals surface area contributed by atoms with Crippen LogP contribution in [0.25, 0.3) is 0 Å². The number of halogens is 6. The molecule has 0 aromatic carbocycles. The van der Waals surface area contributed by atoms with Crippen LogP contribution in [0.3, 0.4) is 0 Å². The molecule has 0 spiro atoms. The highest BCUT2D eigenvalue weighted by Gasteiger charge is 2.42. The summed E-state index contributed by atoms with van der Waals surface area (Å²) in [5, 5.41) is 0.0913. The maximum absolute atomic E-state index is 6.15. The van der Waals surface area contributed by atoms with Gasteiger partial charge in [-0.3, -0.25) is 0 Å². The van der Waals surface area contributed by atoms with Gasteiger partial charge in [-0.25, -0.2) is 0 Å². The van der Waals surface area contributed by atoms with Crippen LogP contribution < -0.4 is 0 Å². The molecule has 0 fully saturated rings. The fraction of sp³-hybridized carbons (Fsp3) is 0.500. The average Bonchev–Trinajstić information content (AvgIpc) is 2.20. The summed E-state index contributed by atoms with van der Waals surface area (Å²) in [5.74, 6) is 0.331. The van der Waals surface area contributed by atoms with E-state index in [4.69, 9.17) is 69.6 Å². The van der Waals surface area contributed by atoms with Crippen molar-refractivity contribution in [2.45, 2.75) is 10.3 Å². The van der Waals surface area contributed by atoms with E-state index in [0.717, 1.165) is 0 Å². The zero-order chi connectivity index (χ0) is 10.9. The molecule has 14 heavy (non-hydrogen) atoms. The van der Waals surface area contributed by atoms with E-state index in [-0.39, 0.29) is 16.8 Å². The van der Waals surface area contributed by atoms with Crippen molar-refractivity contribution in [2.24, 2.45) is 0 Å². The Kier molecular flexibility index (Phi) is 4.78. The molecule has 0 N–H and O–H groups in total. The van der Waals surface area contributed by atoms with E-state index in [1.807, 2.05) is 0 Å². The van der Waals surface area contributed by atoms with E-state index < -0.39 is 10.3 Å². The molecule has 0 saturated heterocycles. The first-order chi connectivity index (χ1) is 6.47. The Morgan fingerprint density at radius 2 is 1.86 bits per heavy atom. The van der Waals surface area contributed by atoms with Gasteiger partial charge in [0.05, 0.1) is 15.4 Å². The van der Waals surface area contributed by atoms with E-state index in [1.54, 1.807) is 6.08 Å². The van der Waals surface area contributed by atoms with Crippen LogP contribution in [-0.4, -0.2) is 22.0 Å². The monoisotopic (exact) mass is 312 g/mol. The second kappa shape index (κ2) is 5.03. The van der Waals surface area contributed by atoms with Gasteiger partial charge in [0.1, 0.15) is 4.87 Å². The van der Waals surface area contributed by atoms with Crippen LogP contribution in [0.4, 0.5) is 0 Å². The minimum Gasteiger partial charge on any atom is -0.124 e. The topological polar surface area (TPSA) is 0 Å². The first kappa shape index (κ1) is 13.3. The zero-order valence-corrected chi connectivity index (χ0v) is 11.4. The average molecular weight is 315 g/mol. The Morgan fingerprint density at radius 3 is 2.29 bits per heavy atom. The summed E-state index contributed by atoms with van der Waals surface area (Å²) in [6.45, 7) is 0. The smallest absolute Gasteiger partial charge is 0.115 e. The van der Waals surface area contributed by atoms with Gasteiger partial charge >= 0.3 is 0 Å². The number of allylic oxidation sites excluding steroid dienone is 4. The molecular weight excluding hydrogens is 309 g/mol. The van der Waals surface area contributed by atoms with Crippen molar-refractivity contribution >= 4 is 69.6 Å². The van der Waals surface area contributed by atoms with Crippen LogP contribution >= 0.6 is 69.6 Å². The lowest BCUT2D eigenvalue weighted by atomic mass is 9.97. The third-order valence-corrected chi connectivity index (χ3v) is 5.13. The predicted octanol–water partition coefficient (Wildman–Crippen LogP) is 4.68. The normalized spacial score (nSPS) is 33.3. The van der Waals surface area contributed by atoms with Crippen molar-refractivity contribution in [1.82, 2.24) is 0 Å². The fourth-order valence-corrected chi connectivity index (χ4v) is 3.00. The highest BCUT2D eigenvalue weighted by Crippen LogP contribution is 2.45. The van der Waals surface area contributed by atoms with Crippen molar-refractivity contribution in [1.29, 1.82) is 0 Å². The maximum atomic E-state index is 6.15. The minimum absolute atomic E-state index is 0.0871. The molecule has 0 aromatic rings. The number of alkyl halides is 4. The van der Waals surface area contributed by atoms with Crippen LogP contribution in [0.5, 0.6) is 0 Å². The molecule has 0 amide bonds. The van der Waals surface area contributed by atoms with Crippen LogP contribution in [-0.2, 0) is 0 Å². The summed E-state index contributed by atoms with van der Waals surface area (Å²) in [5.41, 5.74) is 0.680. The van der Waals surface area contributed by atoms with Gasteiger partial charge in [0.15, 0.2) is 0 Å². The molecule has 6 heteroatoms. The molecule has 2 atom stereocenters. The van der Waals surface area contributed by atoms with Gasteiger partial charge in [-0.1, -0.05) is 29.3 Å². The molecule has 0 aliphatic heterocycles. The second-order valence-electron chi connectivity index (χ2n) is 2.85. The van der Waals surface area contributed by atoms with Crippen molar-refractivity contribution in [3.63, 3.8) is 0 Å². The lowest BCUT2D eigenvalue weighted by Gasteiger charge is -2.32. The summed E-state index contributed by atoms with van der Waals surface area (Å²) >= 11 is 35.5. The molecule has 0 saturated carbocycles. The second-order valence-corrected chi connectivity index (χ2v) is 5.29. The largest absolute Gasteiger partial charge is 0.124 e. The van der Waals surface area contributed by atoms with E-state index in [0.29, 0.717) is 10.6 Å². The Hall–Kier alpha value is 1.22. The standard InChI is InChI=1S/C8H6Cl6/c9-2-4-1-5(11)8(14,3-10)7(13)6(4)12/h1,5H,2-3H2. The van der Waals surface area contributed by atoms with Gasteiger partial charge in [0.2, 0.25) is 0 Å². The van der Waals surface area contributed by atoms with Gasteiger partial charge in [-0.15, -0.1) is 46.4 Å². The first-order valence-electron chi connectivity index (χ1n) is 3.69. The van der Waals surface area contributed by atoms with E-state index >= 15 is 0 Å². The minimum atomic E-state index is -1.03. The Labute approximate surface area is 113 Å². The number of hydrogen-bond donors (Lipinski definition) is 0. The fourth-order valence-electron chi connectivity index (χ4n) is 1.06. The van der Waals surface area contributed by atoms with Crippen LogP contribution in [0.2, 0.25) is 0 Å². The summed E-state index contributed by atoms with van der Waals surface area (Å²) in [6.07, 6.45) is 1.68. The Morgan fingerprint density at radius 1 is 1.29 bits per heavy atom. The van der Waals surface area contributed by atoms with Gasteiger partial charge in [0, 0.05) is 11.8 Å². The van der Waals surface area contributed by atoms with Gasteiger partial charge in [0.25, 0.3) is 0 Å². The molecule has 0 nitrogen and oxygen atoms in total. The van der Waals surface area contributed by atoms with E-state index in [1.165, 1.54) is 0 Å². The van der Waals surface area contributed by atoms with E-state index in [9.17, 15) is 0 Å². The first-order valence-corrected chi connectivity index (χ1v) is 6.33. The van der Waals surface area contributed by atoms with Gasteiger partial charge in [-0.2, -0.15) is 0 Å². The number of rotatable bonds is 2. The van der Waals surface area contributed by atoms with Gasteiger partial charge in [-0.05, 0) is 5.57 Å². The van der Waals surface area contributed by atoms with Crippen LogP contribution in [0.1, 0.15) is 0 Å². The molecule has 0 bridgehead atoms. The van der Waals surface area contributed by atoms with Crippen LogP contribution in [0.15, 0.2) is 21.7 Å². The maximum Gasteiger partial charge on any atom is 0.115 e. The molecule has 0 aromatic heterocycles. The molecule has 1 aliphatic carbocycles. The summed E-state index contributed by atoms with van der Waals surface area (Å²) in [7, 11) is 0. The SMILES string of the molecule is ClCC1=CC(Cl)C(Cl)(CCl)C(Cl)=C1Cl. The Bertz CT molecular complexity index is 294. The third-order valence-electron chi connectivity index (χ3n) is 1.96. The molecule has 80 valence electrons. The predicted molar refractivity (Wildman–Crippen MR) is 66.5 cm³/mol. The highest BCUT2D eigenvalue weighted by molar-refractivity contribution is 6.50. The molecule has 0 radical (unpaired) electrons. The van der Waals surface area contributed by atoms with Crippen molar-refractivity contribution in [2.75, 3.05) is 11.8 Å². The lowest BCUT2D eigenvalue weighted by Crippen LogP contribution is -2.37. The van der Waals surface area contributed by atoms with Crippen LogP contribution in [0, 0.1) is 0 Å². The quantitative estimate of drug-likeness (QED) is 0.649.